The molecule has 0 aromatic heterocycles. The zero-order chi connectivity index (χ0) is 21.3. The number of rotatable bonds is 5. The van der Waals surface area contributed by atoms with Gasteiger partial charge in [-0.25, -0.2) is 4.79 Å². The Morgan fingerprint density at radius 2 is 1.93 bits per heavy atom. The van der Waals surface area contributed by atoms with E-state index in [0.717, 1.165) is 0 Å². The van der Waals surface area contributed by atoms with Gasteiger partial charge in [0.15, 0.2) is 23.2 Å². The molecule has 0 aromatic rings. The molecule has 1 aliphatic heterocycles. The first-order chi connectivity index (χ1) is 12.8. The number of nitrogens with zero attached hydrogens (tertiary/aromatic N) is 1. The molecule has 3 aliphatic rings. The van der Waals surface area contributed by atoms with Crippen LogP contribution in [0.3, 0.4) is 0 Å². The van der Waals surface area contributed by atoms with E-state index in [1.807, 2.05) is 20.8 Å². The lowest BCUT2D eigenvalue weighted by atomic mass is 9.60. The molecule has 7 nitrogen and oxygen atoms in total. The average Bonchev–Trinajstić information content (AvgIpc) is 3.03. The summed E-state index contributed by atoms with van der Waals surface area (Å²) in [5, 5.41) is 9.76. The fourth-order valence-corrected chi connectivity index (χ4v) is 5.80. The number of hydrogen-bond acceptors (Lipinski definition) is 7. The minimum absolute atomic E-state index is 0.0528. The summed E-state index contributed by atoms with van der Waals surface area (Å²) < 4.78 is 16.8. The highest BCUT2D eigenvalue weighted by atomic mass is 16.6. The number of nitriles is 1. The maximum atomic E-state index is 12.6. The molecule has 2 saturated carbocycles. The van der Waals surface area contributed by atoms with Crippen molar-refractivity contribution in [3.05, 3.63) is 0 Å². The number of esters is 3. The van der Waals surface area contributed by atoms with Crippen molar-refractivity contribution in [2.75, 3.05) is 6.61 Å². The van der Waals surface area contributed by atoms with Crippen molar-refractivity contribution in [2.45, 2.75) is 72.5 Å². The summed E-state index contributed by atoms with van der Waals surface area (Å²) in [7, 11) is 0. The van der Waals surface area contributed by atoms with Crippen molar-refractivity contribution >= 4 is 17.9 Å². The van der Waals surface area contributed by atoms with Gasteiger partial charge in [-0.3, -0.25) is 9.59 Å². The molecule has 0 spiro atoms. The Morgan fingerprint density at radius 1 is 1.32 bits per heavy atom. The molecule has 3 fully saturated rings. The van der Waals surface area contributed by atoms with Gasteiger partial charge >= 0.3 is 17.9 Å². The average molecular weight is 391 g/mol. The molecule has 0 radical (unpaired) electrons. The normalized spacial score (nSPS) is 43.4. The van der Waals surface area contributed by atoms with Gasteiger partial charge in [-0.15, -0.1) is 0 Å². The highest BCUT2D eigenvalue weighted by Gasteiger charge is 2.88. The fourth-order valence-electron chi connectivity index (χ4n) is 5.80. The summed E-state index contributed by atoms with van der Waals surface area (Å²) in [6.45, 7) is 12.3. The van der Waals surface area contributed by atoms with Gasteiger partial charge < -0.3 is 14.2 Å². The first-order valence-electron chi connectivity index (χ1n) is 9.79. The maximum absolute atomic E-state index is 12.6. The first kappa shape index (κ1) is 20.6. The van der Waals surface area contributed by atoms with Gasteiger partial charge in [-0.1, -0.05) is 20.8 Å². The smallest absolute Gasteiger partial charge is 0.344 e. The van der Waals surface area contributed by atoms with Crippen LogP contribution < -0.4 is 0 Å². The Balaban J connectivity index is 1.84. The lowest BCUT2D eigenvalue weighted by Crippen LogP contribution is -2.61. The molecule has 0 N–H and O–H groups in total. The second-order valence-electron chi connectivity index (χ2n) is 9.76. The van der Waals surface area contributed by atoms with E-state index in [-0.39, 0.29) is 18.3 Å². The third-order valence-corrected chi connectivity index (χ3v) is 8.26. The molecule has 6 unspecified atom stereocenters. The molecule has 28 heavy (non-hydrogen) atoms. The quantitative estimate of drug-likeness (QED) is 0.524. The number of ether oxygens (including phenoxy) is 3. The van der Waals surface area contributed by atoms with Gasteiger partial charge in [0.2, 0.25) is 0 Å². The summed E-state index contributed by atoms with van der Waals surface area (Å²) in [5.41, 5.74) is -4.71. The summed E-state index contributed by atoms with van der Waals surface area (Å²) in [6, 6.07) is 2.20. The highest BCUT2D eigenvalue weighted by Crippen LogP contribution is 2.78. The molecular weight excluding hydrogens is 362 g/mol. The summed E-state index contributed by atoms with van der Waals surface area (Å²) >= 11 is 0. The van der Waals surface area contributed by atoms with Gasteiger partial charge in [0, 0.05) is 11.3 Å². The molecule has 0 aromatic carbocycles. The van der Waals surface area contributed by atoms with Gasteiger partial charge in [0.05, 0.1) is 11.5 Å². The molecule has 1 heterocycles. The van der Waals surface area contributed by atoms with Crippen LogP contribution in [0.1, 0.15) is 61.3 Å². The number of hydrogen-bond donors (Lipinski definition) is 0. The van der Waals surface area contributed by atoms with Crippen molar-refractivity contribution in [1.29, 1.82) is 5.26 Å². The van der Waals surface area contributed by atoms with Crippen LogP contribution in [0.15, 0.2) is 0 Å². The molecule has 2 aliphatic carbocycles. The van der Waals surface area contributed by atoms with Crippen molar-refractivity contribution < 1.29 is 28.6 Å². The van der Waals surface area contributed by atoms with E-state index in [1.54, 1.807) is 27.7 Å². The molecular formula is C21H29NO6. The van der Waals surface area contributed by atoms with Crippen molar-refractivity contribution in [3.8, 4) is 6.07 Å². The highest BCUT2D eigenvalue weighted by molar-refractivity contribution is 5.86. The van der Waals surface area contributed by atoms with Crippen LogP contribution in [0.25, 0.3) is 0 Å². The van der Waals surface area contributed by atoms with Crippen LogP contribution >= 0.6 is 0 Å². The van der Waals surface area contributed by atoms with E-state index >= 15 is 0 Å². The van der Waals surface area contributed by atoms with Crippen molar-refractivity contribution in [2.24, 2.45) is 28.1 Å². The summed E-state index contributed by atoms with van der Waals surface area (Å²) in [5.74, 6) is -2.10. The molecule has 6 atom stereocenters. The Bertz CT molecular complexity index is 799. The maximum Gasteiger partial charge on any atom is 0.344 e. The van der Waals surface area contributed by atoms with E-state index in [4.69, 9.17) is 14.2 Å². The molecule has 1 saturated heterocycles. The zero-order valence-electron chi connectivity index (χ0n) is 17.7. The lowest BCUT2D eigenvalue weighted by molar-refractivity contribution is -0.217. The number of fused-ring (bicyclic) bond motifs is 1. The van der Waals surface area contributed by atoms with Crippen LogP contribution in [0.4, 0.5) is 0 Å². The Kier molecular flexibility index (Phi) is 4.21. The van der Waals surface area contributed by atoms with Gasteiger partial charge in [-0.2, -0.15) is 5.26 Å². The molecule has 3 rings (SSSR count). The van der Waals surface area contributed by atoms with Crippen molar-refractivity contribution in [1.82, 2.24) is 0 Å². The predicted octanol–water partition coefficient (Wildman–Crippen LogP) is 2.77. The van der Waals surface area contributed by atoms with Crippen LogP contribution in [0.5, 0.6) is 0 Å². The third-order valence-electron chi connectivity index (χ3n) is 8.26. The van der Waals surface area contributed by atoms with Crippen LogP contribution in [0, 0.1) is 39.4 Å². The molecule has 154 valence electrons. The first-order valence-corrected chi connectivity index (χ1v) is 9.79. The largest absolute Gasteiger partial charge is 0.453 e. The van der Waals surface area contributed by atoms with Gasteiger partial charge in [-0.05, 0) is 46.5 Å². The fraction of sp³-hybridized carbons (Fsp3) is 0.810. The third kappa shape index (κ3) is 2.12. The van der Waals surface area contributed by atoms with E-state index in [0.29, 0.717) is 6.42 Å². The van der Waals surface area contributed by atoms with Gasteiger partial charge in [0.25, 0.3) is 0 Å². The zero-order valence-corrected chi connectivity index (χ0v) is 17.7. The SMILES string of the molecule is CCC(C)(C)C(=O)OCC(=O)OC1(C)C2(C)CC3(C#N)C(=O)OC1(C)C3C2C. The van der Waals surface area contributed by atoms with E-state index in [2.05, 4.69) is 6.07 Å². The number of carbonyl (C=O) groups is 3. The summed E-state index contributed by atoms with van der Waals surface area (Å²) in [6.07, 6.45) is 0.864. The Morgan fingerprint density at radius 3 is 2.46 bits per heavy atom. The van der Waals surface area contributed by atoms with E-state index in [1.165, 1.54) is 0 Å². The number of carbonyl (C=O) groups excluding carboxylic acids is 3. The second kappa shape index (κ2) is 5.71. The van der Waals surface area contributed by atoms with E-state index in [9.17, 15) is 19.6 Å². The molecule has 7 heteroatoms. The topological polar surface area (TPSA) is 103 Å². The van der Waals surface area contributed by atoms with Gasteiger partial charge in [0.1, 0.15) is 0 Å². The van der Waals surface area contributed by atoms with Crippen LogP contribution in [-0.4, -0.2) is 35.7 Å². The van der Waals surface area contributed by atoms with E-state index < -0.39 is 52.0 Å². The standard InChI is InChI=1S/C21H29NO6/c1-8-17(3,4)15(24)26-9-13(23)27-20(7)18(5)10-21(11-22)14(12(18)2)19(20,6)28-16(21)25/h12,14H,8-10H2,1-7H3. The van der Waals surface area contributed by atoms with Crippen LogP contribution in [-0.2, 0) is 28.6 Å². The van der Waals surface area contributed by atoms with Crippen molar-refractivity contribution in [3.63, 3.8) is 0 Å². The second-order valence-corrected chi connectivity index (χ2v) is 9.76. The van der Waals surface area contributed by atoms with Crippen LogP contribution in [0.2, 0.25) is 0 Å². The molecule has 2 bridgehead atoms. The monoisotopic (exact) mass is 391 g/mol. The summed E-state index contributed by atoms with van der Waals surface area (Å²) in [4.78, 5) is 37.3. The lowest BCUT2D eigenvalue weighted by Gasteiger charge is -2.49. The minimum Gasteiger partial charge on any atom is -0.453 e. The minimum atomic E-state index is -1.19. The Labute approximate surface area is 165 Å². The Hall–Kier alpha value is -2.10. The molecule has 0 amide bonds. The predicted molar refractivity (Wildman–Crippen MR) is 97.4 cm³/mol.